The first-order valence-electron chi connectivity index (χ1n) is 51.1. The lowest BCUT2D eigenvalue weighted by Gasteiger charge is -2.71. The summed E-state index contributed by atoms with van der Waals surface area (Å²) in [6, 6.07) is 0. The van der Waals surface area contributed by atoms with E-state index in [1.54, 1.807) is 19.9 Å². The van der Waals surface area contributed by atoms with Crippen LogP contribution in [0.3, 0.4) is 0 Å². The van der Waals surface area contributed by atoms with Gasteiger partial charge in [0.1, 0.15) is 147 Å². The Morgan fingerprint density at radius 3 is 1.48 bits per heavy atom. The normalized spacial score (nSPS) is 45.5. The quantitative estimate of drug-likeness (QED) is 0.0130. The summed E-state index contributed by atoms with van der Waals surface area (Å²) >= 11 is 0. The van der Waals surface area contributed by atoms with Crippen LogP contribution in [0, 0.1) is 50.2 Å². The highest BCUT2D eigenvalue weighted by Crippen LogP contribution is 2.76. The molecule has 0 radical (unpaired) electrons. The Balaban J connectivity index is 0.766. The highest BCUT2D eigenvalue weighted by atomic mass is 16.8. The van der Waals surface area contributed by atoms with Crippen LogP contribution in [0.5, 0.6) is 0 Å². The van der Waals surface area contributed by atoms with Gasteiger partial charge >= 0.3 is 23.9 Å². The zero-order valence-corrected chi connectivity index (χ0v) is 85.8. The van der Waals surface area contributed by atoms with Crippen LogP contribution in [-0.2, 0) is 109 Å². The average molecular weight is 2090 g/mol. The van der Waals surface area contributed by atoms with Crippen LogP contribution in [-0.4, -0.2) is 410 Å². The van der Waals surface area contributed by atoms with Crippen molar-refractivity contribution in [3.05, 3.63) is 84.6 Å². The van der Waals surface area contributed by atoms with E-state index in [2.05, 4.69) is 74.3 Å². The van der Waals surface area contributed by atoms with E-state index in [9.17, 15) is 117 Å². The minimum Gasteiger partial charge on any atom is -0.459 e. The molecular formula is C103H160O43. The summed E-state index contributed by atoms with van der Waals surface area (Å²) in [5.74, 6) is -4.24. The molecule has 13 rings (SSSR count). The molecule has 46 atom stereocenters. The van der Waals surface area contributed by atoms with Crippen LogP contribution >= 0.6 is 0 Å². The fourth-order valence-corrected chi connectivity index (χ4v) is 24.2. The molecule has 830 valence electrons. The van der Waals surface area contributed by atoms with Gasteiger partial charge in [-0.2, -0.15) is 0 Å². The van der Waals surface area contributed by atoms with Crippen molar-refractivity contribution in [2.45, 2.75) is 438 Å². The smallest absolute Gasteiger partial charge is 0.333 e. The lowest BCUT2D eigenvalue weighted by molar-refractivity contribution is -0.379. The van der Waals surface area contributed by atoms with Gasteiger partial charge in [0, 0.05) is 16.7 Å². The summed E-state index contributed by atoms with van der Waals surface area (Å²) in [6.07, 6.45) is -44.4. The first-order valence-corrected chi connectivity index (χ1v) is 51.1. The van der Waals surface area contributed by atoms with Gasteiger partial charge in [0.15, 0.2) is 62.3 Å². The Hall–Kier alpha value is -5.34. The molecule has 0 aromatic heterocycles. The van der Waals surface area contributed by atoms with E-state index in [0.29, 0.717) is 51.4 Å². The third-order valence-corrected chi connectivity index (χ3v) is 34.2. The highest BCUT2D eigenvalue weighted by molar-refractivity contribution is 5.89. The van der Waals surface area contributed by atoms with Crippen molar-refractivity contribution in [1.82, 2.24) is 0 Å². The van der Waals surface area contributed by atoms with Gasteiger partial charge in [0.25, 0.3) is 0 Å². The summed E-state index contributed by atoms with van der Waals surface area (Å²) in [7, 11) is 0. The molecule has 8 saturated heterocycles. The molecule has 5 aliphatic carbocycles. The Kier molecular flexibility index (Phi) is 38.0. The summed E-state index contributed by atoms with van der Waals surface area (Å²) < 4.78 is 116. The maximum Gasteiger partial charge on any atom is 0.333 e. The molecule has 8 heterocycles. The van der Waals surface area contributed by atoms with Crippen molar-refractivity contribution >= 4 is 23.9 Å². The van der Waals surface area contributed by atoms with Gasteiger partial charge < -0.3 is 192 Å². The number of ether oxygens (including phenoxy) is 19. The van der Waals surface area contributed by atoms with E-state index in [1.165, 1.54) is 65.0 Å². The maximum absolute atomic E-state index is 16.8. The average Bonchev–Trinajstić information content (AvgIpc) is 0.672. The number of hydrogen-bond donors (Lipinski definition) is 20. The van der Waals surface area contributed by atoms with Gasteiger partial charge in [0.2, 0.25) is 6.29 Å². The number of rotatable bonds is 36. The molecule has 8 aliphatic heterocycles. The van der Waals surface area contributed by atoms with Gasteiger partial charge in [-0.25, -0.2) is 14.4 Å². The summed E-state index contributed by atoms with van der Waals surface area (Å²) in [6.45, 7) is 33.4. The Bertz CT molecular complexity index is 4580. The predicted molar refractivity (Wildman–Crippen MR) is 505 cm³/mol. The van der Waals surface area contributed by atoms with Crippen molar-refractivity contribution in [2.75, 3.05) is 46.2 Å². The third-order valence-electron chi connectivity index (χ3n) is 34.2. The first kappa shape index (κ1) is 118. The van der Waals surface area contributed by atoms with E-state index in [1.807, 2.05) is 0 Å². The Labute approximate surface area is 850 Å². The number of aliphatic hydroxyl groups excluding tert-OH is 18. The van der Waals surface area contributed by atoms with E-state index < -0.39 is 336 Å². The molecular weight excluding hydrogens is 1930 g/mol. The molecule has 13 aliphatic rings. The summed E-state index contributed by atoms with van der Waals surface area (Å²) in [4.78, 5) is 59.7. The van der Waals surface area contributed by atoms with Crippen LogP contribution in [0.2, 0.25) is 0 Å². The number of aliphatic hydroxyl groups is 20. The SMILES string of the molecule is C=CC(C)(O)CC/C=C(\C)C(=O)O[C@H]1[C@H](OC(C)(C=C)CC/C=C(\C)C(=O)OC[C@H]2O[C@@H](OC(=O)[C@]34CCC(C)(C)C[C@H]3C3=CC[C@@H]5[C@@]6(C)CC[C@H](O[C@@H]7O[C@H](CO[C@@H]8OC[C@H](O)[C@H](O)[C@H]8O[C@@H]8OC[C@@H](O)[C@H](O)[C@H]8O)[C@@H](O)[C@H](O)[C@H]7O)C(C)(C)[C@@H]6CC[C@@]5(C)[C@]3(C)CC4)[C@H](O[C@@H]3O[C@@H](C)[C@H](O[C@@H]4OC[C@@H](O)[C@H](O[C@@H]5OC[C@@H](O)[C@H](O)[C@H]5O)[C@H]4O)[C@@H](O)[C@H]3O)[C@@H](OC(=O)/C(C)=C/CCC(C)(O)C=C)[C@@H]2O)OC[C@@H](O)[C@@H]1O. The highest BCUT2D eigenvalue weighted by Gasteiger charge is 2.71. The molecule has 0 amide bonds. The standard InChI is InChI=1S/C103H160O43/c1-18-97(12,126)31-21-24-49(5)84(123)139-79-69(114)60(46-128-83(122)48(4)26-23-33-99(14,20-3)146-92-81(67(112)57(107)44-133-92)140-85(124)50(6)25-22-32-98(13,127)19-2)137-93(82(79)144-89-75(120)71(116)77(51(7)135-89)141-88-76(121)78(58(108)45-131-88)142-86-72(117)64(109)54(104)41-129-86)145-94(125)103-38-36-95(8,9)40-53(103)52-27-28-62-100(15)34-30-63(96(10,11)61(100)29-35-102(62,17)101(52,16)37-39-103)138-90-74(119)70(115)68(113)59(136-90)47-134-91-80(66(111)56(106)43-132-91)143-87-73(118)65(110)55(105)42-130-87/h18-20,24-27,51,53-82,86-93,104-121,126-127H,1-3,21-23,28-47H2,4-17H3/b48-26+,49-24+,50-25+/t51-,53-,54+,55+,56-,57+,58+,59+,60+,61-,62+,63-,64-,65-,66-,67-,68+,69+,70-,71-,72+,73+,74+,75+,76+,77-,78-,79-,80+,81+,82+,86-,87-,88-,89-,90-,91-,92-,93-,97?,98?,99?,100-,101+,102+,103-/m0/s1. The van der Waals surface area contributed by atoms with Crippen molar-refractivity contribution in [3.63, 3.8) is 0 Å². The summed E-state index contributed by atoms with van der Waals surface area (Å²) in [5.41, 5.74) is -6.62. The number of allylic oxidation sites excluding steroid dienone is 5. The molecule has 20 N–H and O–H groups in total. The van der Waals surface area contributed by atoms with E-state index in [-0.39, 0.29) is 90.8 Å². The zero-order valence-electron chi connectivity index (χ0n) is 85.8. The second-order valence-corrected chi connectivity index (χ2v) is 45.4. The number of esters is 4. The van der Waals surface area contributed by atoms with Gasteiger partial charge in [-0.3, -0.25) is 4.79 Å². The van der Waals surface area contributed by atoms with Gasteiger partial charge in [-0.1, -0.05) is 96.6 Å². The first-order chi connectivity index (χ1) is 68.3. The van der Waals surface area contributed by atoms with E-state index in [0.717, 1.165) is 5.57 Å². The minimum absolute atomic E-state index is 0.00210. The molecule has 0 aromatic carbocycles. The van der Waals surface area contributed by atoms with Crippen LogP contribution < -0.4 is 0 Å². The molecule has 4 saturated carbocycles. The van der Waals surface area contributed by atoms with Gasteiger partial charge in [-0.15, -0.1) is 19.7 Å². The zero-order chi connectivity index (χ0) is 107. The molecule has 146 heavy (non-hydrogen) atoms. The second kappa shape index (κ2) is 47.1. The second-order valence-electron chi connectivity index (χ2n) is 45.4. The minimum atomic E-state index is -2.21. The monoisotopic (exact) mass is 2090 g/mol. The van der Waals surface area contributed by atoms with E-state index >= 15 is 4.79 Å². The fourth-order valence-electron chi connectivity index (χ4n) is 24.2. The van der Waals surface area contributed by atoms with Crippen LogP contribution in [0.15, 0.2) is 84.6 Å². The molecule has 12 fully saturated rings. The maximum atomic E-state index is 16.8. The number of carbonyl (C=O) groups excluding carboxylic acids is 4. The lowest BCUT2D eigenvalue weighted by Crippen LogP contribution is -2.67. The van der Waals surface area contributed by atoms with Crippen LogP contribution in [0.25, 0.3) is 0 Å². The number of hydrogen-bond acceptors (Lipinski definition) is 43. The van der Waals surface area contributed by atoms with Gasteiger partial charge in [0.05, 0.1) is 74.1 Å². The van der Waals surface area contributed by atoms with Gasteiger partial charge in [-0.05, 0) is 196 Å². The third kappa shape index (κ3) is 24.8. The largest absolute Gasteiger partial charge is 0.459 e. The van der Waals surface area contributed by atoms with Crippen LogP contribution in [0.1, 0.15) is 200 Å². The number of fused-ring (bicyclic) bond motifs is 7. The van der Waals surface area contributed by atoms with E-state index in [4.69, 9.17) is 90.0 Å². The molecule has 0 bridgehead atoms. The Morgan fingerprint density at radius 2 is 0.897 bits per heavy atom. The van der Waals surface area contributed by atoms with Crippen molar-refractivity contribution < 1.29 is 211 Å². The van der Waals surface area contributed by atoms with Crippen LogP contribution in [0.4, 0.5) is 0 Å². The van der Waals surface area contributed by atoms with Crippen molar-refractivity contribution in [3.8, 4) is 0 Å². The molecule has 43 nitrogen and oxygen atoms in total. The molecule has 3 unspecified atom stereocenters. The van der Waals surface area contributed by atoms with Crippen molar-refractivity contribution in [1.29, 1.82) is 0 Å². The molecule has 0 aromatic rings. The Morgan fingerprint density at radius 1 is 0.425 bits per heavy atom. The fraction of sp³-hybridized carbons (Fsp3) is 0.825. The lowest BCUT2D eigenvalue weighted by atomic mass is 9.33. The topological polar surface area (TPSA) is 648 Å². The number of carbonyl (C=O) groups is 4. The molecule has 0 spiro atoms. The predicted octanol–water partition coefficient (Wildman–Crippen LogP) is 0.128. The summed E-state index contributed by atoms with van der Waals surface area (Å²) in [5, 5.41) is 223. The van der Waals surface area contributed by atoms with Crippen molar-refractivity contribution in [2.24, 2.45) is 50.2 Å². The molecule has 43 heteroatoms.